The maximum atomic E-state index is 9.41. The second kappa shape index (κ2) is 4.34. The van der Waals surface area contributed by atoms with Gasteiger partial charge in [0.25, 0.3) is 0 Å². The van der Waals surface area contributed by atoms with Gasteiger partial charge in [0.15, 0.2) is 0 Å². The van der Waals surface area contributed by atoms with Crippen molar-refractivity contribution in [3.8, 4) is 0 Å². The van der Waals surface area contributed by atoms with Gasteiger partial charge in [0, 0.05) is 24.3 Å². The maximum absolute atomic E-state index is 9.41. The van der Waals surface area contributed by atoms with E-state index in [1.54, 1.807) is 0 Å². The van der Waals surface area contributed by atoms with Gasteiger partial charge in [-0.1, -0.05) is 31.0 Å². The zero-order valence-corrected chi connectivity index (χ0v) is 10.4. The van der Waals surface area contributed by atoms with Crippen molar-refractivity contribution < 1.29 is 5.11 Å². The number of para-hydroxylation sites is 1. The van der Waals surface area contributed by atoms with Gasteiger partial charge < -0.3 is 10.0 Å². The Bertz CT molecular complexity index is 396. The molecule has 1 N–H and O–H groups in total. The summed E-state index contributed by atoms with van der Waals surface area (Å²) >= 11 is 0. The maximum Gasteiger partial charge on any atom is 0.0702 e. The van der Waals surface area contributed by atoms with Gasteiger partial charge in [0.2, 0.25) is 0 Å². The summed E-state index contributed by atoms with van der Waals surface area (Å²) in [6.45, 7) is 2.51. The molecule has 3 rings (SSSR count). The van der Waals surface area contributed by atoms with Crippen LogP contribution >= 0.6 is 0 Å². The third kappa shape index (κ3) is 1.95. The Balaban J connectivity index is 1.82. The summed E-state index contributed by atoms with van der Waals surface area (Å²) in [6, 6.07) is 8.28. The average molecular weight is 231 g/mol. The summed E-state index contributed by atoms with van der Waals surface area (Å²) < 4.78 is 0. The van der Waals surface area contributed by atoms with E-state index in [4.69, 9.17) is 0 Å². The van der Waals surface area contributed by atoms with Crippen molar-refractivity contribution in [3.05, 3.63) is 29.8 Å². The lowest BCUT2D eigenvalue weighted by Crippen LogP contribution is -2.25. The summed E-state index contributed by atoms with van der Waals surface area (Å²) in [5.41, 5.74) is 2.92. The predicted molar refractivity (Wildman–Crippen MR) is 70.1 cm³/mol. The summed E-state index contributed by atoms with van der Waals surface area (Å²) in [6.07, 6.45) is 6.98. The van der Waals surface area contributed by atoms with Crippen LogP contribution in [0.25, 0.3) is 0 Å². The van der Waals surface area contributed by atoms with Crippen LogP contribution in [0.5, 0.6) is 0 Å². The molecular formula is C15H21NO. The zero-order valence-electron chi connectivity index (χ0n) is 10.4. The molecular weight excluding hydrogens is 210 g/mol. The first-order valence-electron chi connectivity index (χ1n) is 6.77. The van der Waals surface area contributed by atoms with Gasteiger partial charge in [-0.05, 0) is 30.7 Å². The highest BCUT2D eigenvalue weighted by molar-refractivity contribution is 5.54. The molecule has 17 heavy (non-hydrogen) atoms. The van der Waals surface area contributed by atoms with Gasteiger partial charge in [-0.2, -0.15) is 0 Å². The largest absolute Gasteiger partial charge is 0.392 e. The summed E-state index contributed by atoms with van der Waals surface area (Å²) in [4.78, 5) is 2.48. The Morgan fingerprint density at radius 1 is 1.12 bits per heavy atom. The molecule has 0 bridgehead atoms. The number of aliphatic hydroxyl groups is 1. The molecule has 92 valence electrons. The first kappa shape index (κ1) is 11.1. The molecule has 1 aromatic carbocycles. The van der Waals surface area contributed by atoms with E-state index in [1.165, 1.54) is 44.3 Å². The van der Waals surface area contributed by atoms with Crippen molar-refractivity contribution in [1.29, 1.82) is 0 Å². The van der Waals surface area contributed by atoms with Crippen molar-refractivity contribution >= 4 is 5.69 Å². The number of nitrogens with zero attached hydrogens (tertiary/aromatic N) is 1. The quantitative estimate of drug-likeness (QED) is 0.846. The second-order valence-corrected chi connectivity index (χ2v) is 5.67. The molecule has 1 heterocycles. The van der Waals surface area contributed by atoms with Crippen LogP contribution in [0.2, 0.25) is 0 Å². The zero-order chi connectivity index (χ0) is 11.7. The Hall–Kier alpha value is -1.02. The number of benzene rings is 1. The van der Waals surface area contributed by atoms with Gasteiger partial charge in [-0.15, -0.1) is 0 Å². The molecule has 2 fully saturated rings. The molecule has 0 aromatic heterocycles. The fourth-order valence-corrected chi connectivity index (χ4v) is 3.63. The van der Waals surface area contributed by atoms with Crippen molar-refractivity contribution in [1.82, 2.24) is 0 Å². The minimum absolute atomic E-state index is 0.152. The van der Waals surface area contributed by atoms with E-state index in [0.29, 0.717) is 5.41 Å². The van der Waals surface area contributed by atoms with E-state index in [9.17, 15) is 5.11 Å². The van der Waals surface area contributed by atoms with E-state index in [0.717, 1.165) is 12.1 Å². The highest BCUT2D eigenvalue weighted by Gasteiger charge is 2.40. The van der Waals surface area contributed by atoms with Crippen LogP contribution in [0.3, 0.4) is 0 Å². The predicted octanol–water partition coefficient (Wildman–Crippen LogP) is 2.95. The van der Waals surface area contributed by atoms with Crippen LogP contribution in [0.15, 0.2) is 24.3 Å². The topological polar surface area (TPSA) is 23.5 Å². The van der Waals surface area contributed by atoms with Crippen LogP contribution in [0, 0.1) is 5.41 Å². The van der Waals surface area contributed by atoms with Crippen molar-refractivity contribution in [2.75, 3.05) is 18.0 Å². The monoisotopic (exact) mass is 231 g/mol. The van der Waals surface area contributed by atoms with Gasteiger partial charge >= 0.3 is 0 Å². The van der Waals surface area contributed by atoms with E-state index >= 15 is 0 Å². The molecule has 1 spiro atoms. The normalized spacial score (nSPS) is 22.5. The number of anilines is 1. The summed E-state index contributed by atoms with van der Waals surface area (Å²) in [7, 11) is 0. The lowest BCUT2D eigenvalue weighted by Gasteiger charge is -2.26. The molecule has 0 amide bonds. The van der Waals surface area contributed by atoms with E-state index in [2.05, 4.69) is 17.0 Å². The minimum atomic E-state index is 0.152. The smallest absolute Gasteiger partial charge is 0.0702 e. The SMILES string of the molecule is OCc1ccccc1N1CCC2(CCCC2)C1. The van der Waals surface area contributed by atoms with Gasteiger partial charge in [-0.25, -0.2) is 0 Å². The molecule has 0 unspecified atom stereocenters. The van der Waals surface area contributed by atoms with E-state index < -0.39 is 0 Å². The molecule has 1 aliphatic carbocycles. The lowest BCUT2D eigenvalue weighted by molar-refractivity contribution is 0.282. The van der Waals surface area contributed by atoms with Crippen LogP contribution in [0.4, 0.5) is 5.69 Å². The highest BCUT2D eigenvalue weighted by Crippen LogP contribution is 2.46. The standard InChI is InChI=1S/C15H21NO/c17-11-13-5-1-2-6-14(13)16-10-9-15(12-16)7-3-4-8-15/h1-2,5-6,17H,3-4,7-12H2. The molecule has 1 saturated carbocycles. The third-order valence-corrected chi connectivity index (χ3v) is 4.61. The van der Waals surface area contributed by atoms with Crippen LogP contribution in [-0.4, -0.2) is 18.2 Å². The number of hydrogen-bond acceptors (Lipinski definition) is 2. The van der Waals surface area contributed by atoms with Crippen LogP contribution in [0.1, 0.15) is 37.7 Å². The molecule has 2 heteroatoms. The van der Waals surface area contributed by atoms with Gasteiger partial charge in [0.1, 0.15) is 0 Å². The fraction of sp³-hybridized carbons (Fsp3) is 0.600. The highest BCUT2D eigenvalue weighted by atomic mass is 16.3. The van der Waals surface area contributed by atoms with Crippen molar-refractivity contribution in [3.63, 3.8) is 0 Å². The third-order valence-electron chi connectivity index (χ3n) is 4.61. The van der Waals surface area contributed by atoms with E-state index in [1.807, 2.05) is 12.1 Å². The molecule has 1 saturated heterocycles. The molecule has 1 aromatic rings. The molecule has 0 radical (unpaired) electrons. The molecule has 2 aliphatic rings. The molecule has 0 atom stereocenters. The Kier molecular flexibility index (Phi) is 2.83. The Labute approximate surface area is 103 Å². The number of rotatable bonds is 2. The minimum Gasteiger partial charge on any atom is -0.392 e. The van der Waals surface area contributed by atoms with Crippen LogP contribution in [-0.2, 0) is 6.61 Å². The number of hydrogen-bond donors (Lipinski definition) is 1. The van der Waals surface area contributed by atoms with E-state index in [-0.39, 0.29) is 6.61 Å². The average Bonchev–Trinajstić information content (AvgIpc) is 3.00. The molecule has 1 aliphatic heterocycles. The first-order chi connectivity index (χ1) is 8.33. The van der Waals surface area contributed by atoms with Gasteiger partial charge in [-0.3, -0.25) is 0 Å². The summed E-state index contributed by atoms with van der Waals surface area (Å²) in [5.74, 6) is 0. The first-order valence-corrected chi connectivity index (χ1v) is 6.77. The Morgan fingerprint density at radius 3 is 2.65 bits per heavy atom. The lowest BCUT2D eigenvalue weighted by atomic mass is 9.86. The molecule has 2 nitrogen and oxygen atoms in total. The van der Waals surface area contributed by atoms with Gasteiger partial charge in [0.05, 0.1) is 6.61 Å². The fourth-order valence-electron chi connectivity index (χ4n) is 3.63. The Morgan fingerprint density at radius 2 is 1.88 bits per heavy atom. The summed E-state index contributed by atoms with van der Waals surface area (Å²) in [5, 5.41) is 9.41. The van der Waals surface area contributed by atoms with Crippen LogP contribution < -0.4 is 4.90 Å². The van der Waals surface area contributed by atoms with Crippen molar-refractivity contribution in [2.45, 2.75) is 38.7 Å². The van der Waals surface area contributed by atoms with Crippen molar-refractivity contribution in [2.24, 2.45) is 5.41 Å². The number of aliphatic hydroxyl groups excluding tert-OH is 1. The second-order valence-electron chi connectivity index (χ2n) is 5.67.